The Morgan fingerprint density at radius 3 is 2.42 bits per heavy atom. The van der Waals surface area contributed by atoms with E-state index in [0.717, 1.165) is 27.7 Å². The first kappa shape index (κ1) is 22.0. The molecule has 0 saturated carbocycles. The van der Waals surface area contributed by atoms with Crippen molar-refractivity contribution in [2.75, 3.05) is 4.90 Å². The second-order valence-electron chi connectivity index (χ2n) is 8.80. The van der Waals surface area contributed by atoms with Gasteiger partial charge in [0.2, 0.25) is 5.91 Å². The fraction of sp³-hybridized carbons (Fsp3) is 0.103. The lowest BCUT2D eigenvalue weighted by atomic mass is 9.91. The maximum atomic E-state index is 13.1. The molecule has 2 unspecified atom stereocenters. The number of H-pyrrole nitrogens is 1. The van der Waals surface area contributed by atoms with Crippen LogP contribution >= 0.6 is 11.6 Å². The van der Waals surface area contributed by atoms with Crippen LogP contribution in [0.5, 0.6) is 0 Å². The third-order valence-electron chi connectivity index (χ3n) is 6.50. The van der Waals surface area contributed by atoms with E-state index >= 15 is 0 Å². The van der Waals surface area contributed by atoms with E-state index in [4.69, 9.17) is 21.6 Å². The molecule has 1 amide bonds. The normalized spacial score (nSPS) is 17.1. The number of carbonyl (C=O) groups is 1. The molecule has 5 aromatic rings. The molecule has 2 atom stereocenters. The highest BCUT2D eigenvalue weighted by molar-refractivity contribution is 6.37. The van der Waals surface area contributed by atoms with Crippen LogP contribution in [0.1, 0.15) is 22.7 Å². The Kier molecular flexibility index (Phi) is 5.28. The number of hydrogen-bond donors (Lipinski definition) is 1. The lowest BCUT2D eigenvalue weighted by Gasteiger charge is -2.44. The lowest BCUT2D eigenvalue weighted by molar-refractivity contribution is -0.123. The number of alkyl halides is 1. The molecule has 2 aromatic heterocycles. The van der Waals surface area contributed by atoms with E-state index in [-0.39, 0.29) is 11.7 Å². The van der Waals surface area contributed by atoms with Crippen molar-refractivity contribution in [1.29, 1.82) is 5.26 Å². The molecule has 0 bridgehead atoms. The largest absolute Gasteiger partial charge is 0.337 e. The van der Waals surface area contributed by atoms with Gasteiger partial charge in [-0.15, -0.1) is 11.6 Å². The molecule has 0 spiro atoms. The number of hydrogen-bond acceptors (Lipinski definition) is 4. The zero-order valence-corrected chi connectivity index (χ0v) is 20.1. The van der Waals surface area contributed by atoms with Crippen LogP contribution in [0, 0.1) is 18.3 Å². The summed E-state index contributed by atoms with van der Waals surface area (Å²) >= 11 is 6.50. The number of imidazole rings is 1. The van der Waals surface area contributed by atoms with Crippen molar-refractivity contribution in [3.05, 3.63) is 102 Å². The van der Waals surface area contributed by atoms with Crippen LogP contribution in [0.15, 0.2) is 84.9 Å². The number of amides is 1. The molecule has 0 aliphatic carbocycles. The van der Waals surface area contributed by atoms with Crippen molar-refractivity contribution in [1.82, 2.24) is 15.0 Å². The highest BCUT2D eigenvalue weighted by atomic mass is 35.5. The molecule has 1 fully saturated rings. The minimum absolute atomic E-state index is 0.279. The number of carbonyl (C=O) groups excluding carboxylic acids is 1. The predicted molar refractivity (Wildman–Crippen MR) is 141 cm³/mol. The molecular formula is C29H20ClN5O. The van der Waals surface area contributed by atoms with Crippen molar-refractivity contribution < 1.29 is 4.79 Å². The van der Waals surface area contributed by atoms with E-state index in [9.17, 15) is 10.1 Å². The lowest BCUT2D eigenvalue weighted by Crippen LogP contribution is -2.57. The number of β-lactam (4-membered cyclic amide) rings is 1. The molecule has 1 aliphatic heterocycles. The van der Waals surface area contributed by atoms with Crippen molar-refractivity contribution in [2.45, 2.75) is 18.3 Å². The first-order valence-corrected chi connectivity index (χ1v) is 12.0. The van der Waals surface area contributed by atoms with Crippen LogP contribution in [0.2, 0.25) is 0 Å². The Morgan fingerprint density at radius 2 is 1.69 bits per heavy atom. The first-order chi connectivity index (χ1) is 17.5. The first-order valence-electron chi connectivity index (χ1n) is 11.5. The number of fused-ring (bicyclic) bond motifs is 1. The van der Waals surface area contributed by atoms with Gasteiger partial charge in [0.15, 0.2) is 11.6 Å². The van der Waals surface area contributed by atoms with Gasteiger partial charge in [-0.2, -0.15) is 5.26 Å². The Hall–Kier alpha value is -4.47. The minimum atomic E-state index is -0.738. The number of aromatic nitrogens is 3. The van der Waals surface area contributed by atoms with E-state index in [1.54, 1.807) is 0 Å². The number of nitrogens with one attached hydrogen (secondary N) is 1. The Balaban J connectivity index is 1.59. The van der Waals surface area contributed by atoms with Gasteiger partial charge in [0.25, 0.3) is 0 Å². The summed E-state index contributed by atoms with van der Waals surface area (Å²) in [6.45, 7) is 2.01. The topological polar surface area (TPSA) is 85.7 Å². The van der Waals surface area contributed by atoms with E-state index in [1.807, 2.05) is 91.9 Å². The van der Waals surface area contributed by atoms with Crippen molar-refractivity contribution in [3.8, 4) is 28.7 Å². The van der Waals surface area contributed by atoms with Crippen molar-refractivity contribution in [3.63, 3.8) is 0 Å². The van der Waals surface area contributed by atoms with Crippen molar-refractivity contribution >= 4 is 34.4 Å². The number of aromatic amines is 1. The average Bonchev–Trinajstić information content (AvgIpc) is 3.36. The second kappa shape index (κ2) is 8.63. The number of aryl methyl sites for hydroxylation is 1. The van der Waals surface area contributed by atoms with Gasteiger partial charge < -0.3 is 4.98 Å². The third-order valence-corrected chi connectivity index (χ3v) is 6.93. The zero-order chi connectivity index (χ0) is 24.8. The summed E-state index contributed by atoms with van der Waals surface area (Å²) in [6, 6.07) is 28.9. The summed E-state index contributed by atoms with van der Waals surface area (Å²) in [6.07, 6.45) is 0. The summed E-state index contributed by atoms with van der Waals surface area (Å²) in [5.41, 5.74) is 6.05. The van der Waals surface area contributed by atoms with Crippen LogP contribution in [0.4, 0.5) is 5.82 Å². The van der Waals surface area contributed by atoms with Gasteiger partial charge in [0.1, 0.15) is 22.7 Å². The molecule has 1 aliphatic rings. The maximum absolute atomic E-state index is 13.1. The molecule has 0 radical (unpaired) electrons. The quantitative estimate of drug-likeness (QED) is 0.242. The number of rotatable bonds is 4. The molecule has 1 saturated heterocycles. The average molecular weight is 490 g/mol. The number of anilines is 1. The van der Waals surface area contributed by atoms with Crippen LogP contribution < -0.4 is 4.90 Å². The van der Waals surface area contributed by atoms with Gasteiger partial charge >= 0.3 is 0 Å². The summed E-state index contributed by atoms with van der Waals surface area (Å²) in [5.74, 6) is 0.551. The second-order valence-corrected chi connectivity index (χ2v) is 9.27. The number of benzene rings is 3. The standard InChI is InChI=1S/C29H20ClN5O/c1-17-11-13-18(14-12-17)20-15-24(27-32-22-9-5-6-10-23(22)33-27)34-28(21(20)16-31)35-26(25(30)29(35)36)19-7-3-2-4-8-19/h2-15,25-26H,1H3,(H,32,33). The Morgan fingerprint density at radius 1 is 0.972 bits per heavy atom. The number of para-hydroxylation sites is 2. The molecule has 1 N–H and O–H groups in total. The maximum Gasteiger partial charge on any atom is 0.249 e. The van der Waals surface area contributed by atoms with Crippen LogP contribution in [0.25, 0.3) is 33.7 Å². The molecule has 6 rings (SSSR count). The van der Waals surface area contributed by atoms with Crippen LogP contribution in [0.3, 0.4) is 0 Å². The summed E-state index contributed by atoms with van der Waals surface area (Å²) in [4.78, 5) is 27.5. The number of nitriles is 1. The zero-order valence-electron chi connectivity index (χ0n) is 19.3. The van der Waals surface area contributed by atoms with Gasteiger partial charge in [-0.1, -0.05) is 72.3 Å². The highest BCUT2D eigenvalue weighted by Crippen LogP contribution is 2.45. The fourth-order valence-electron chi connectivity index (χ4n) is 4.63. The SMILES string of the molecule is Cc1ccc(-c2cc(-c3nc4ccccc4[nH]3)nc(N3C(=O)C(Cl)C3c3ccccc3)c2C#N)cc1. The van der Waals surface area contributed by atoms with Gasteiger partial charge in [-0.25, -0.2) is 9.97 Å². The summed E-state index contributed by atoms with van der Waals surface area (Å²) < 4.78 is 0. The summed E-state index contributed by atoms with van der Waals surface area (Å²) in [7, 11) is 0. The van der Waals surface area contributed by atoms with E-state index in [1.165, 1.54) is 4.90 Å². The van der Waals surface area contributed by atoms with E-state index in [2.05, 4.69) is 11.1 Å². The molecule has 174 valence electrons. The van der Waals surface area contributed by atoms with E-state index < -0.39 is 11.4 Å². The molecule has 6 nitrogen and oxygen atoms in total. The fourth-order valence-corrected chi connectivity index (χ4v) is 4.99. The van der Waals surface area contributed by atoms with Crippen LogP contribution in [-0.2, 0) is 4.79 Å². The van der Waals surface area contributed by atoms with Gasteiger partial charge in [0.05, 0.1) is 17.1 Å². The van der Waals surface area contributed by atoms with Gasteiger partial charge in [-0.3, -0.25) is 9.69 Å². The third kappa shape index (κ3) is 3.53. The van der Waals surface area contributed by atoms with Gasteiger partial charge in [-0.05, 0) is 36.2 Å². The van der Waals surface area contributed by atoms with Crippen LogP contribution in [-0.4, -0.2) is 26.2 Å². The number of nitrogens with zero attached hydrogens (tertiary/aromatic N) is 4. The van der Waals surface area contributed by atoms with E-state index in [0.29, 0.717) is 22.6 Å². The summed E-state index contributed by atoms with van der Waals surface area (Å²) in [5, 5.41) is 9.55. The highest BCUT2D eigenvalue weighted by Gasteiger charge is 2.49. The minimum Gasteiger partial charge on any atom is -0.337 e. The number of pyridine rings is 1. The molecule has 7 heteroatoms. The van der Waals surface area contributed by atoms with Gasteiger partial charge in [0, 0.05) is 5.56 Å². The monoisotopic (exact) mass is 489 g/mol. The molecule has 3 aromatic carbocycles. The molecule has 3 heterocycles. The Bertz CT molecular complexity index is 1620. The number of halogens is 1. The smallest absolute Gasteiger partial charge is 0.249 e. The molecular weight excluding hydrogens is 470 g/mol. The predicted octanol–water partition coefficient (Wildman–Crippen LogP) is 6.17. The molecule has 36 heavy (non-hydrogen) atoms. The van der Waals surface area contributed by atoms with Crippen molar-refractivity contribution in [2.24, 2.45) is 0 Å². The Labute approximate surface area is 212 Å².